The monoisotopic (exact) mass is 458 g/mol. The minimum absolute atomic E-state index is 0. The van der Waals surface area contributed by atoms with Gasteiger partial charge in [-0.15, -0.1) is 0 Å². The Balaban J connectivity index is 0.00000364. The van der Waals surface area contributed by atoms with Gasteiger partial charge in [-0.3, -0.25) is 0 Å². The molecule has 0 aliphatic rings. The fourth-order valence-electron chi connectivity index (χ4n) is 2.45. The Kier molecular flexibility index (Phi) is 13.4. The zero-order chi connectivity index (χ0) is 18.9. The van der Waals surface area contributed by atoms with Crippen molar-refractivity contribution in [3.63, 3.8) is 0 Å². The number of rotatable bonds is 9. The Morgan fingerprint density at radius 1 is 1.14 bits per heavy atom. The van der Waals surface area contributed by atoms with Gasteiger partial charge in [-0.25, -0.2) is 4.79 Å². The Bertz CT molecular complexity index is 744. The van der Waals surface area contributed by atoms with Crippen LogP contribution in [0.3, 0.4) is 0 Å². The van der Waals surface area contributed by atoms with E-state index in [9.17, 15) is 4.79 Å². The molecule has 0 unspecified atom stereocenters. The first-order chi connectivity index (χ1) is 12.5. The van der Waals surface area contributed by atoms with Crippen LogP contribution in [0.15, 0.2) is 59.1 Å². The quantitative estimate of drug-likeness (QED) is 0.578. The molecule has 0 heterocycles. The topological polar surface area (TPSA) is 85.8 Å². The van der Waals surface area contributed by atoms with Gasteiger partial charge in [0.25, 0.3) is 0 Å². The van der Waals surface area contributed by atoms with Crippen molar-refractivity contribution >= 4 is 27.5 Å². The smallest absolute Gasteiger partial charge is 0.870 e. The van der Waals surface area contributed by atoms with E-state index in [1.807, 2.05) is 42.5 Å². The molecule has 0 fully saturated rings. The molecule has 0 bridgehead atoms. The molecule has 2 rings (SSSR count). The maximum Gasteiger partial charge on any atom is 1.00 e. The minimum Gasteiger partial charge on any atom is -0.870 e. The zero-order valence-corrected chi connectivity index (χ0v) is 20.0. The van der Waals surface area contributed by atoms with Crippen molar-refractivity contribution in [2.45, 2.75) is 26.4 Å². The molecule has 0 spiro atoms. The van der Waals surface area contributed by atoms with Crippen molar-refractivity contribution in [2.24, 2.45) is 0 Å². The molecule has 2 aromatic rings. The normalized spacial score (nSPS) is 11.8. The molecule has 7 heteroatoms. The molecule has 0 amide bonds. The molecular formula is C21H24BrNaO5. The Hall–Kier alpha value is -1.15. The summed E-state index contributed by atoms with van der Waals surface area (Å²) in [4.78, 5) is 11.1. The van der Waals surface area contributed by atoms with Crippen molar-refractivity contribution < 1.29 is 54.4 Å². The van der Waals surface area contributed by atoms with E-state index in [0.29, 0.717) is 19.6 Å². The maximum absolute atomic E-state index is 11.1. The predicted octanol–water partition coefficient (Wildman–Crippen LogP) is 1.79. The van der Waals surface area contributed by atoms with Crippen molar-refractivity contribution in [1.29, 1.82) is 0 Å². The van der Waals surface area contributed by atoms with Crippen LogP contribution in [-0.2, 0) is 16.0 Å². The van der Waals surface area contributed by atoms with Gasteiger partial charge in [0.05, 0.1) is 0 Å². The largest absolute Gasteiger partial charge is 1.00 e. The van der Waals surface area contributed by atoms with Crippen LogP contribution in [0.4, 0.5) is 0 Å². The van der Waals surface area contributed by atoms with Gasteiger partial charge in [0.2, 0.25) is 0 Å². The van der Waals surface area contributed by atoms with Crippen molar-refractivity contribution in [2.75, 3.05) is 13.2 Å². The number of allylic oxidation sites excluding steroid dienone is 1. The summed E-state index contributed by atoms with van der Waals surface area (Å²) < 4.78 is 12.0. The fourth-order valence-corrected chi connectivity index (χ4v) is 2.71. The Morgan fingerprint density at radius 2 is 1.75 bits per heavy atom. The van der Waals surface area contributed by atoms with Gasteiger partial charge in [-0.2, -0.15) is 0 Å². The van der Waals surface area contributed by atoms with Gasteiger partial charge in [-0.1, -0.05) is 40.2 Å². The summed E-state index contributed by atoms with van der Waals surface area (Å²) in [6, 6.07) is 15.6. The van der Waals surface area contributed by atoms with Gasteiger partial charge in [0, 0.05) is 17.5 Å². The molecule has 0 radical (unpaired) electrons. The number of aliphatic carboxylic acids is 1. The van der Waals surface area contributed by atoms with Gasteiger partial charge in [0.15, 0.2) is 6.10 Å². The third-order valence-electron chi connectivity index (χ3n) is 3.93. The molecule has 28 heavy (non-hydrogen) atoms. The molecule has 0 aromatic heterocycles. The van der Waals surface area contributed by atoms with Crippen LogP contribution in [0.2, 0.25) is 0 Å². The first-order valence-electron chi connectivity index (χ1n) is 8.48. The molecular weight excluding hydrogens is 435 g/mol. The second-order valence-corrected chi connectivity index (χ2v) is 6.75. The van der Waals surface area contributed by atoms with E-state index in [2.05, 4.69) is 35.0 Å². The molecule has 0 saturated carbocycles. The first kappa shape index (κ1) is 26.9. The Labute approximate surface area is 196 Å². The van der Waals surface area contributed by atoms with E-state index in [4.69, 9.17) is 14.6 Å². The minimum atomic E-state index is -0.944. The zero-order valence-electron chi connectivity index (χ0n) is 16.4. The van der Waals surface area contributed by atoms with Crippen molar-refractivity contribution in [3.8, 4) is 5.75 Å². The summed E-state index contributed by atoms with van der Waals surface area (Å²) in [5.74, 6) is -0.197. The van der Waals surface area contributed by atoms with Crippen molar-refractivity contribution in [3.05, 3.63) is 70.2 Å². The molecule has 146 valence electrons. The molecule has 5 nitrogen and oxygen atoms in total. The summed E-state index contributed by atoms with van der Waals surface area (Å²) in [7, 11) is 0. The third-order valence-corrected chi connectivity index (χ3v) is 4.46. The standard InChI is InChI=1S/C21H23BrO4.Na.H2O/c1-3-25-20(21(23)24)14-16-4-10-19(11-5-16)26-13-12-15(2)17-6-8-18(22)9-7-17;;/h4-12,20H,3,13-14H2,1-2H3,(H,23,24);;1H2/q;+1;/p-1/b15-12+;;/t20-;;/m0../s1. The predicted molar refractivity (Wildman–Crippen MR) is 108 cm³/mol. The van der Waals surface area contributed by atoms with Gasteiger partial charge >= 0.3 is 35.5 Å². The second kappa shape index (κ2) is 13.9. The van der Waals surface area contributed by atoms with Crippen LogP contribution in [0, 0.1) is 0 Å². The molecule has 1 atom stereocenters. The summed E-state index contributed by atoms with van der Waals surface area (Å²) in [5, 5.41) is 9.14. The van der Waals surface area contributed by atoms with E-state index in [-0.39, 0.29) is 35.0 Å². The number of benzene rings is 2. The number of carboxylic acids is 1. The summed E-state index contributed by atoms with van der Waals surface area (Å²) in [6.45, 7) is 4.69. The number of ether oxygens (including phenoxy) is 2. The average molecular weight is 459 g/mol. The van der Waals surface area contributed by atoms with Crippen LogP contribution < -0.4 is 34.3 Å². The van der Waals surface area contributed by atoms with Gasteiger partial charge in [-0.05, 0) is 60.9 Å². The van der Waals surface area contributed by atoms with E-state index < -0.39 is 12.1 Å². The third kappa shape index (κ3) is 8.90. The van der Waals surface area contributed by atoms with Crippen molar-refractivity contribution in [1.82, 2.24) is 0 Å². The number of hydrogen-bond acceptors (Lipinski definition) is 4. The average Bonchev–Trinajstić information content (AvgIpc) is 2.63. The first-order valence-corrected chi connectivity index (χ1v) is 9.27. The van der Waals surface area contributed by atoms with Gasteiger partial charge in [0.1, 0.15) is 12.4 Å². The number of carbonyl (C=O) groups is 1. The SMILES string of the molecule is CCO[C@@H](Cc1ccc(OC/C=C(\C)c2ccc(Br)cc2)cc1)C(=O)O.[Na+].[OH-]. The summed E-state index contributed by atoms with van der Waals surface area (Å²) in [5.41, 5.74) is 3.21. The van der Waals surface area contributed by atoms with Crippen LogP contribution >= 0.6 is 15.9 Å². The molecule has 0 aliphatic heterocycles. The van der Waals surface area contributed by atoms with E-state index in [1.54, 1.807) is 6.92 Å². The summed E-state index contributed by atoms with van der Waals surface area (Å²) >= 11 is 3.43. The van der Waals surface area contributed by atoms with Gasteiger partial charge < -0.3 is 20.1 Å². The number of halogens is 1. The number of carboxylic acid groups (broad SMARTS) is 1. The van der Waals surface area contributed by atoms with E-state index in [0.717, 1.165) is 26.9 Å². The molecule has 0 saturated heterocycles. The second-order valence-electron chi connectivity index (χ2n) is 5.84. The Morgan fingerprint density at radius 3 is 2.29 bits per heavy atom. The summed E-state index contributed by atoms with van der Waals surface area (Å²) in [6.07, 6.45) is 1.56. The fraction of sp³-hybridized carbons (Fsp3) is 0.286. The maximum atomic E-state index is 11.1. The van der Waals surface area contributed by atoms with Crippen LogP contribution in [0.25, 0.3) is 5.57 Å². The van der Waals surface area contributed by atoms with E-state index in [1.165, 1.54) is 0 Å². The number of hydrogen-bond donors (Lipinski definition) is 1. The molecule has 2 N–H and O–H groups in total. The van der Waals surface area contributed by atoms with E-state index >= 15 is 0 Å². The molecule has 0 aliphatic carbocycles. The van der Waals surface area contributed by atoms with Crippen LogP contribution in [0.5, 0.6) is 5.75 Å². The van der Waals surface area contributed by atoms with Crippen LogP contribution in [0.1, 0.15) is 25.0 Å². The van der Waals surface area contributed by atoms with Crippen LogP contribution in [-0.4, -0.2) is 35.9 Å². The molecule has 2 aromatic carbocycles.